The molecule has 1 heteroatoms. The number of aliphatic hydroxyl groups is 1. The summed E-state index contributed by atoms with van der Waals surface area (Å²) < 4.78 is 0. The van der Waals surface area contributed by atoms with Gasteiger partial charge in [-0.05, 0) is 93.6 Å². The molecule has 1 N–H and O–H groups in total. The average molecular weight is 553 g/mol. The van der Waals surface area contributed by atoms with Crippen LogP contribution in [0.25, 0.3) is 0 Å². The van der Waals surface area contributed by atoms with E-state index in [-0.39, 0.29) is 6.61 Å². The summed E-state index contributed by atoms with van der Waals surface area (Å²) in [5.74, 6) is 0. The monoisotopic (exact) mass is 552 g/mol. The molecule has 0 aliphatic heterocycles. The number of aliphatic hydroxyl groups excluding tert-OH is 1. The first-order valence-electron chi connectivity index (χ1n) is 14.8. The summed E-state index contributed by atoms with van der Waals surface area (Å²) in [7, 11) is 0. The molecule has 0 aliphatic carbocycles. The zero-order valence-corrected chi connectivity index (χ0v) is 27.4. The molecule has 1 nitrogen and oxygen atoms in total. The van der Waals surface area contributed by atoms with E-state index in [0.29, 0.717) is 0 Å². The summed E-state index contributed by atoms with van der Waals surface area (Å²) in [6, 6.07) is 0. The summed E-state index contributed by atoms with van der Waals surface area (Å²) in [6.45, 7) is 19.2. The van der Waals surface area contributed by atoms with Crippen LogP contribution >= 0.6 is 0 Å². The lowest BCUT2D eigenvalue weighted by molar-refractivity contribution is 0.335. The fourth-order valence-electron chi connectivity index (χ4n) is 3.46. The van der Waals surface area contributed by atoms with Gasteiger partial charge in [-0.1, -0.05) is 148 Å². The van der Waals surface area contributed by atoms with E-state index in [1.165, 1.54) is 27.9 Å². The first-order chi connectivity index (χ1) is 19.5. The smallest absolute Gasteiger partial charge is 0.0681 e. The van der Waals surface area contributed by atoms with Crippen molar-refractivity contribution in [1.82, 2.24) is 0 Å². The van der Waals surface area contributed by atoms with Gasteiger partial charge in [0.05, 0.1) is 6.61 Å². The standard InChI is InChI=1S/C40H56O/c1-33(2)18-12-21-36(6)24-15-27-38(8)26-14-23-35(5)20-10-11-30-40(32-41)31-17-29-39(9)28-16-25-37(7)22-13-19-34(3)4/h10-11,14-20,23-31,41H,12-13,21-22,32H2,1-9H3. The Morgan fingerprint density at radius 2 is 0.805 bits per heavy atom. The van der Waals surface area contributed by atoms with Crippen molar-refractivity contribution in [3.8, 4) is 0 Å². The van der Waals surface area contributed by atoms with Crippen molar-refractivity contribution in [2.75, 3.05) is 6.61 Å². The van der Waals surface area contributed by atoms with Crippen molar-refractivity contribution in [2.45, 2.75) is 88.0 Å². The highest BCUT2D eigenvalue weighted by molar-refractivity contribution is 5.33. The van der Waals surface area contributed by atoms with Crippen LogP contribution in [-0.4, -0.2) is 11.7 Å². The normalized spacial score (nSPS) is 15.0. The van der Waals surface area contributed by atoms with Crippen LogP contribution in [0.1, 0.15) is 88.0 Å². The third kappa shape index (κ3) is 25.3. The van der Waals surface area contributed by atoms with Crippen LogP contribution in [0.15, 0.2) is 154 Å². The fraction of sp³-hybridized carbons (Fsp3) is 0.350. The summed E-state index contributed by atoms with van der Waals surface area (Å²) in [6.07, 6.45) is 42.0. The Balaban J connectivity index is 4.84. The first kappa shape index (κ1) is 37.6. The molecule has 0 aliphatic rings. The Bertz CT molecular complexity index is 1160. The second-order valence-electron chi connectivity index (χ2n) is 11.1. The predicted molar refractivity (Wildman–Crippen MR) is 187 cm³/mol. The molecular formula is C40H56O. The maximum absolute atomic E-state index is 9.68. The van der Waals surface area contributed by atoms with Gasteiger partial charge in [0, 0.05) is 0 Å². The molecule has 222 valence electrons. The largest absolute Gasteiger partial charge is 0.392 e. The van der Waals surface area contributed by atoms with Crippen LogP contribution in [-0.2, 0) is 0 Å². The summed E-state index contributed by atoms with van der Waals surface area (Å²) in [5.41, 5.74) is 9.91. The average Bonchev–Trinajstić information content (AvgIpc) is 2.89. The Morgan fingerprint density at radius 3 is 1.22 bits per heavy atom. The number of hydrogen-bond acceptors (Lipinski definition) is 1. The molecule has 0 amide bonds. The van der Waals surface area contributed by atoms with E-state index in [1.807, 2.05) is 30.4 Å². The van der Waals surface area contributed by atoms with Gasteiger partial charge in [0.15, 0.2) is 0 Å². The molecule has 0 radical (unpaired) electrons. The van der Waals surface area contributed by atoms with Crippen molar-refractivity contribution in [2.24, 2.45) is 0 Å². The zero-order chi connectivity index (χ0) is 30.9. The van der Waals surface area contributed by atoms with Crippen molar-refractivity contribution in [1.29, 1.82) is 0 Å². The van der Waals surface area contributed by atoms with Crippen LogP contribution in [0, 0.1) is 0 Å². The predicted octanol–water partition coefficient (Wildman–Crippen LogP) is 11.9. The quantitative estimate of drug-likeness (QED) is 0.140. The highest BCUT2D eigenvalue weighted by Crippen LogP contribution is 2.09. The SMILES string of the molecule is CC(C)=CCCC(C)=CC=CC(C)=CC=CC(C)=CC=CC=C(C=CC=C(C)C=CC=C(C)CCC=C(C)C)CO. The molecule has 0 aromatic heterocycles. The molecule has 0 fully saturated rings. The fourth-order valence-corrected chi connectivity index (χ4v) is 3.46. The molecule has 0 spiro atoms. The lowest BCUT2D eigenvalue weighted by Crippen LogP contribution is -1.84. The molecular weight excluding hydrogens is 496 g/mol. The maximum atomic E-state index is 9.68. The van der Waals surface area contributed by atoms with Crippen LogP contribution in [0.5, 0.6) is 0 Å². The molecule has 0 unspecified atom stereocenters. The molecule has 0 atom stereocenters. The zero-order valence-electron chi connectivity index (χ0n) is 27.4. The van der Waals surface area contributed by atoms with E-state index < -0.39 is 0 Å². The molecule has 0 aromatic rings. The van der Waals surface area contributed by atoms with Gasteiger partial charge in [0.2, 0.25) is 0 Å². The minimum absolute atomic E-state index is 0.00153. The van der Waals surface area contributed by atoms with E-state index in [0.717, 1.165) is 42.4 Å². The minimum atomic E-state index is 0.00153. The van der Waals surface area contributed by atoms with Gasteiger partial charge in [-0.25, -0.2) is 0 Å². The van der Waals surface area contributed by atoms with Gasteiger partial charge in [-0.2, -0.15) is 0 Å². The highest BCUT2D eigenvalue weighted by atomic mass is 16.3. The lowest BCUT2D eigenvalue weighted by Gasteiger charge is -1.97. The maximum Gasteiger partial charge on any atom is 0.0681 e. The van der Waals surface area contributed by atoms with Gasteiger partial charge in [-0.3, -0.25) is 0 Å². The molecule has 0 rings (SSSR count). The van der Waals surface area contributed by atoms with Gasteiger partial charge in [0.1, 0.15) is 0 Å². The van der Waals surface area contributed by atoms with Crippen LogP contribution in [0.4, 0.5) is 0 Å². The van der Waals surface area contributed by atoms with E-state index in [1.54, 1.807) is 0 Å². The molecule has 0 aromatic carbocycles. The first-order valence-corrected chi connectivity index (χ1v) is 14.8. The second-order valence-corrected chi connectivity index (χ2v) is 11.1. The van der Waals surface area contributed by atoms with E-state index in [2.05, 4.69) is 141 Å². The number of hydrogen-bond donors (Lipinski definition) is 1. The van der Waals surface area contributed by atoms with Gasteiger partial charge >= 0.3 is 0 Å². The Hall–Kier alpha value is -3.42. The van der Waals surface area contributed by atoms with Crippen LogP contribution in [0.2, 0.25) is 0 Å². The van der Waals surface area contributed by atoms with Crippen molar-refractivity contribution >= 4 is 0 Å². The molecule has 0 saturated heterocycles. The molecule has 0 heterocycles. The second kappa shape index (κ2) is 24.4. The van der Waals surface area contributed by atoms with Gasteiger partial charge in [0.25, 0.3) is 0 Å². The van der Waals surface area contributed by atoms with E-state index >= 15 is 0 Å². The van der Waals surface area contributed by atoms with Crippen molar-refractivity contribution in [3.63, 3.8) is 0 Å². The van der Waals surface area contributed by atoms with E-state index in [9.17, 15) is 5.11 Å². The number of allylic oxidation sites excluding steroid dienone is 24. The topological polar surface area (TPSA) is 20.2 Å². The van der Waals surface area contributed by atoms with Crippen LogP contribution in [0.3, 0.4) is 0 Å². The third-order valence-electron chi connectivity index (χ3n) is 6.01. The van der Waals surface area contributed by atoms with Gasteiger partial charge in [-0.15, -0.1) is 0 Å². The van der Waals surface area contributed by atoms with Gasteiger partial charge < -0.3 is 5.11 Å². The van der Waals surface area contributed by atoms with Crippen molar-refractivity contribution in [3.05, 3.63) is 154 Å². The molecule has 0 bridgehead atoms. The minimum Gasteiger partial charge on any atom is -0.392 e. The molecule has 0 saturated carbocycles. The van der Waals surface area contributed by atoms with Crippen LogP contribution < -0.4 is 0 Å². The Kier molecular flexibility index (Phi) is 22.3. The van der Waals surface area contributed by atoms with E-state index in [4.69, 9.17) is 0 Å². The van der Waals surface area contributed by atoms with Crippen molar-refractivity contribution < 1.29 is 5.11 Å². The number of rotatable bonds is 17. The summed E-state index contributed by atoms with van der Waals surface area (Å²) >= 11 is 0. The third-order valence-corrected chi connectivity index (χ3v) is 6.01. The Labute approximate surface area is 253 Å². The Morgan fingerprint density at radius 1 is 0.439 bits per heavy atom. The molecule has 41 heavy (non-hydrogen) atoms. The summed E-state index contributed by atoms with van der Waals surface area (Å²) in [4.78, 5) is 0. The summed E-state index contributed by atoms with van der Waals surface area (Å²) in [5, 5.41) is 9.68. The highest BCUT2D eigenvalue weighted by Gasteiger charge is 1.89. The lowest BCUT2D eigenvalue weighted by atomic mass is 10.1.